The lowest BCUT2D eigenvalue weighted by Gasteiger charge is -2.20. The number of nitrogens with one attached hydrogen (secondary N) is 1. The first-order chi connectivity index (χ1) is 8.61. The fraction of sp³-hybridized carbons (Fsp3) is 0.500. The molecule has 0 spiro atoms. The lowest BCUT2D eigenvalue weighted by atomic mass is 10.2. The average molecular weight is 250 g/mol. The Morgan fingerprint density at radius 1 is 1.50 bits per heavy atom. The molecule has 1 amide bonds. The van der Waals surface area contributed by atoms with E-state index in [-0.39, 0.29) is 18.3 Å². The first kappa shape index (κ1) is 12.9. The van der Waals surface area contributed by atoms with Crippen LogP contribution in [-0.4, -0.2) is 29.9 Å². The summed E-state index contributed by atoms with van der Waals surface area (Å²) in [4.78, 5) is 13.9. The summed E-state index contributed by atoms with van der Waals surface area (Å²) in [6, 6.07) is 5.24. The minimum atomic E-state index is -0.222. The van der Waals surface area contributed by atoms with E-state index in [0.29, 0.717) is 11.6 Å². The minimum Gasteiger partial charge on any atom is -0.376 e. The predicted octanol–water partition coefficient (Wildman–Crippen LogP) is 2.56. The van der Waals surface area contributed by atoms with Crippen molar-refractivity contribution in [2.75, 3.05) is 18.4 Å². The van der Waals surface area contributed by atoms with Crippen molar-refractivity contribution in [2.45, 2.75) is 32.7 Å². The molecule has 0 aromatic heterocycles. The zero-order valence-electron chi connectivity index (χ0n) is 10.9. The van der Waals surface area contributed by atoms with Gasteiger partial charge in [-0.3, -0.25) is 4.79 Å². The van der Waals surface area contributed by atoms with E-state index in [1.165, 1.54) is 6.07 Å². The van der Waals surface area contributed by atoms with E-state index < -0.39 is 0 Å². The molecule has 0 heterocycles. The van der Waals surface area contributed by atoms with Crippen LogP contribution in [0.1, 0.15) is 25.3 Å². The van der Waals surface area contributed by atoms with E-state index in [1.54, 1.807) is 19.1 Å². The molecular weight excluding hydrogens is 231 g/mol. The number of carbonyl (C=O) groups excluding carboxylic acids is 1. The summed E-state index contributed by atoms with van der Waals surface area (Å²) in [6.07, 6.45) is 2.24. The molecular formula is C14H19FN2O. The molecule has 18 heavy (non-hydrogen) atoms. The summed E-state index contributed by atoms with van der Waals surface area (Å²) in [6.45, 7) is 4.74. The summed E-state index contributed by atoms with van der Waals surface area (Å²) in [5.74, 6) is -0.109. The maximum atomic E-state index is 13.1. The van der Waals surface area contributed by atoms with Crippen LogP contribution >= 0.6 is 0 Å². The Kier molecular flexibility index (Phi) is 3.84. The van der Waals surface area contributed by atoms with E-state index in [1.807, 2.05) is 11.8 Å². The highest BCUT2D eigenvalue weighted by molar-refractivity contribution is 5.81. The van der Waals surface area contributed by atoms with E-state index in [4.69, 9.17) is 0 Å². The van der Waals surface area contributed by atoms with E-state index >= 15 is 0 Å². The largest absolute Gasteiger partial charge is 0.376 e. The Morgan fingerprint density at radius 3 is 2.78 bits per heavy atom. The van der Waals surface area contributed by atoms with Gasteiger partial charge in [0.15, 0.2) is 0 Å². The van der Waals surface area contributed by atoms with Crippen molar-refractivity contribution < 1.29 is 9.18 Å². The lowest BCUT2D eigenvalue weighted by Crippen LogP contribution is -2.37. The average Bonchev–Trinajstić information content (AvgIpc) is 3.16. The second-order valence-electron chi connectivity index (χ2n) is 4.73. The summed E-state index contributed by atoms with van der Waals surface area (Å²) in [5.41, 5.74) is 1.37. The van der Waals surface area contributed by atoms with Gasteiger partial charge in [0.2, 0.25) is 5.91 Å². The van der Waals surface area contributed by atoms with Crippen LogP contribution < -0.4 is 5.32 Å². The molecule has 1 saturated carbocycles. The molecule has 1 fully saturated rings. The summed E-state index contributed by atoms with van der Waals surface area (Å²) >= 11 is 0. The van der Waals surface area contributed by atoms with Crippen molar-refractivity contribution in [1.82, 2.24) is 4.90 Å². The SMILES string of the molecule is CCN(C(=O)CNc1ccc(F)c(C)c1)C1CC1. The fourth-order valence-electron chi connectivity index (χ4n) is 2.06. The molecule has 1 aromatic carbocycles. The number of likely N-dealkylation sites (N-methyl/N-ethyl adjacent to an activating group) is 1. The topological polar surface area (TPSA) is 32.3 Å². The van der Waals surface area contributed by atoms with Crippen LogP contribution in [0.2, 0.25) is 0 Å². The van der Waals surface area contributed by atoms with Gasteiger partial charge in [-0.1, -0.05) is 0 Å². The molecule has 0 radical (unpaired) electrons. The fourth-order valence-corrected chi connectivity index (χ4v) is 2.06. The van der Waals surface area contributed by atoms with E-state index in [9.17, 15) is 9.18 Å². The highest BCUT2D eigenvalue weighted by atomic mass is 19.1. The van der Waals surface area contributed by atoms with Crippen molar-refractivity contribution in [3.8, 4) is 0 Å². The van der Waals surface area contributed by atoms with Crippen LogP contribution in [0, 0.1) is 12.7 Å². The molecule has 2 rings (SSSR count). The molecule has 4 heteroatoms. The van der Waals surface area contributed by atoms with E-state index in [2.05, 4.69) is 5.32 Å². The van der Waals surface area contributed by atoms with Gasteiger partial charge in [0.1, 0.15) is 5.82 Å². The monoisotopic (exact) mass is 250 g/mol. The Bertz CT molecular complexity index is 443. The normalized spacial score (nSPS) is 14.4. The van der Waals surface area contributed by atoms with Crippen molar-refractivity contribution in [3.05, 3.63) is 29.6 Å². The van der Waals surface area contributed by atoms with Gasteiger partial charge in [-0.25, -0.2) is 4.39 Å². The number of halogens is 1. The second kappa shape index (κ2) is 5.38. The van der Waals surface area contributed by atoms with Crippen molar-refractivity contribution >= 4 is 11.6 Å². The number of carbonyl (C=O) groups is 1. The Balaban J connectivity index is 1.90. The molecule has 1 aromatic rings. The maximum Gasteiger partial charge on any atom is 0.242 e. The van der Waals surface area contributed by atoms with Crippen LogP contribution in [0.3, 0.4) is 0 Å². The maximum absolute atomic E-state index is 13.1. The number of hydrogen-bond acceptors (Lipinski definition) is 2. The standard InChI is InChI=1S/C14H19FN2O/c1-3-17(12-5-6-12)14(18)9-16-11-4-7-13(15)10(2)8-11/h4,7-8,12,16H,3,5-6,9H2,1-2H3. The van der Waals surface area contributed by atoms with Gasteiger partial charge in [0.25, 0.3) is 0 Å². The van der Waals surface area contributed by atoms with Gasteiger partial charge in [-0.05, 0) is 50.5 Å². The van der Waals surface area contributed by atoms with E-state index in [0.717, 1.165) is 25.1 Å². The first-order valence-electron chi connectivity index (χ1n) is 6.41. The highest BCUT2D eigenvalue weighted by Gasteiger charge is 2.30. The van der Waals surface area contributed by atoms with Crippen LogP contribution in [-0.2, 0) is 4.79 Å². The Hall–Kier alpha value is -1.58. The van der Waals surface area contributed by atoms with Gasteiger partial charge in [-0.15, -0.1) is 0 Å². The molecule has 1 aliphatic rings. The quantitative estimate of drug-likeness (QED) is 0.871. The minimum absolute atomic E-state index is 0.113. The number of hydrogen-bond donors (Lipinski definition) is 1. The first-order valence-corrected chi connectivity index (χ1v) is 6.41. The van der Waals surface area contributed by atoms with Gasteiger partial charge in [0, 0.05) is 18.3 Å². The molecule has 0 bridgehead atoms. The number of benzene rings is 1. The zero-order valence-corrected chi connectivity index (χ0v) is 10.9. The number of amides is 1. The Labute approximate surface area is 107 Å². The molecule has 0 saturated heterocycles. The third-order valence-corrected chi connectivity index (χ3v) is 3.25. The predicted molar refractivity (Wildman–Crippen MR) is 70.0 cm³/mol. The molecule has 0 unspecified atom stereocenters. The smallest absolute Gasteiger partial charge is 0.242 e. The van der Waals surface area contributed by atoms with Crippen molar-refractivity contribution in [2.24, 2.45) is 0 Å². The molecule has 0 atom stereocenters. The summed E-state index contributed by atoms with van der Waals surface area (Å²) in [7, 11) is 0. The third-order valence-electron chi connectivity index (χ3n) is 3.25. The second-order valence-corrected chi connectivity index (χ2v) is 4.73. The van der Waals surface area contributed by atoms with Crippen LogP contribution in [0.15, 0.2) is 18.2 Å². The number of aryl methyl sites for hydroxylation is 1. The molecule has 3 nitrogen and oxygen atoms in total. The molecule has 98 valence electrons. The van der Waals surface area contributed by atoms with Gasteiger partial charge < -0.3 is 10.2 Å². The van der Waals surface area contributed by atoms with Crippen molar-refractivity contribution in [1.29, 1.82) is 0 Å². The van der Waals surface area contributed by atoms with Crippen LogP contribution in [0.25, 0.3) is 0 Å². The van der Waals surface area contributed by atoms with Crippen molar-refractivity contribution in [3.63, 3.8) is 0 Å². The number of anilines is 1. The van der Waals surface area contributed by atoms with Gasteiger partial charge in [0.05, 0.1) is 6.54 Å². The lowest BCUT2D eigenvalue weighted by molar-refractivity contribution is -0.129. The summed E-state index contributed by atoms with van der Waals surface area (Å²) in [5, 5.41) is 3.05. The molecule has 1 aliphatic carbocycles. The zero-order chi connectivity index (χ0) is 13.1. The number of rotatable bonds is 5. The van der Waals surface area contributed by atoms with Gasteiger partial charge >= 0.3 is 0 Å². The van der Waals surface area contributed by atoms with Crippen LogP contribution in [0.4, 0.5) is 10.1 Å². The highest BCUT2D eigenvalue weighted by Crippen LogP contribution is 2.26. The molecule has 1 N–H and O–H groups in total. The van der Waals surface area contributed by atoms with Gasteiger partial charge in [-0.2, -0.15) is 0 Å². The third kappa shape index (κ3) is 3.00. The summed E-state index contributed by atoms with van der Waals surface area (Å²) < 4.78 is 13.1. The van der Waals surface area contributed by atoms with Crippen LogP contribution in [0.5, 0.6) is 0 Å². The number of nitrogens with zero attached hydrogens (tertiary/aromatic N) is 1. The molecule has 0 aliphatic heterocycles. The Morgan fingerprint density at radius 2 is 2.22 bits per heavy atom.